The summed E-state index contributed by atoms with van der Waals surface area (Å²) in [5.41, 5.74) is 14.8. The zero-order valence-corrected chi connectivity index (χ0v) is 25.5. The summed E-state index contributed by atoms with van der Waals surface area (Å²) in [4.78, 5) is 0. The fourth-order valence-electron chi connectivity index (χ4n) is 7.48. The fraction of sp³-hybridized carbons (Fsp3) is 0. The van der Waals surface area contributed by atoms with Gasteiger partial charge in [-0.2, -0.15) is 15.3 Å². The molecule has 11 aromatic rings. The second-order valence-electron chi connectivity index (χ2n) is 12.1. The van der Waals surface area contributed by atoms with Gasteiger partial charge in [-0.05, 0) is 77.9 Å². The minimum Gasteiger partial charge on any atom is -0.293 e. The standard InChI is InChI=1S/C39H25N9/c1-4-13-34-31(10-1)43(37-16-19-40-46(34)37)28-9-7-8-26(22-28)27-23-29(44-32-11-2-5-14-35(32)47-38(44)17-20-41-47)25-30(24-27)45-33-12-3-6-15-36(33)48-39(45)18-21-42-48/h1-25H. The molecule has 0 N–H and O–H groups in total. The van der Waals surface area contributed by atoms with Crippen molar-refractivity contribution >= 4 is 50.0 Å². The molecule has 0 aliphatic carbocycles. The van der Waals surface area contributed by atoms with Gasteiger partial charge in [-0.15, -0.1) is 0 Å². The monoisotopic (exact) mass is 619 g/mol. The van der Waals surface area contributed by atoms with Gasteiger partial charge in [-0.1, -0.05) is 48.5 Å². The SMILES string of the molecule is c1cc(-c2cc(-n3c4ccccc4n4nccc34)cc(-n3c4ccccc4n4nccc34)c2)cc(-n2c3ccccc3n3nccc23)c1. The van der Waals surface area contributed by atoms with E-state index in [-0.39, 0.29) is 0 Å². The number of imidazole rings is 3. The van der Waals surface area contributed by atoms with E-state index in [2.05, 4.69) is 162 Å². The second-order valence-corrected chi connectivity index (χ2v) is 12.1. The van der Waals surface area contributed by atoms with E-state index in [1.54, 1.807) is 0 Å². The first-order chi connectivity index (χ1) is 23.8. The average molecular weight is 620 g/mol. The number of rotatable bonds is 4. The number of fused-ring (bicyclic) bond motifs is 9. The van der Waals surface area contributed by atoms with Gasteiger partial charge in [0.2, 0.25) is 0 Å². The van der Waals surface area contributed by atoms with Gasteiger partial charge in [-0.3, -0.25) is 13.7 Å². The van der Waals surface area contributed by atoms with Gasteiger partial charge in [0.05, 0.1) is 63.1 Å². The first-order valence-corrected chi connectivity index (χ1v) is 15.9. The lowest BCUT2D eigenvalue weighted by Crippen LogP contribution is -2.00. The number of hydrogen-bond acceptors (Lipinski definition) is 3. The Kier molecular flexibility index (Phi) is 4.93. The quantitative estimate of drug-likeness (QED) is 0.200. The van der Waals surface area contributed by atoms with Crippen LogP contribution in [-0.4, -0.2) is 42.5 Å². The highest BCUT2D eigenvalue weighted by atomic mass is 15.3. The van der Waals surface area contributed by atoms with Crippen LogP contribution in [0, 0.1) is 0 Å². The van der Waals surface area contributed by atoms with E-state index in [1.165, 1.54) is 0 Å². The van der Waals surface area contributed by atoms with Gasteiger partial charge >= 0.3 is 0 Å². The summed E-state index contributed by atoms with van der Waals surface area (Å²) in [6.45, 7) is 0. The molecule has 6 aromatic heterocycles. The smallest absolute Gasteiger partial charge is 0.141 e. The topological polar surface area (TPSA) is 66.7 Å². The maximum absolute atomic E-state index is 4.68. The first kappa shape index (κ1) is 25.3. The van der Waals surface area contributed by atoms with Gasteiger partial charge in [0.25, 0.3) is 0 Å². The maximum atomic E-state index is 4.68. The lowest BCUT2D eigenvalue weighted by atomic mass is 10.0. The molecule has 226 valence electrons. The molecule has 11 rings (SSSR count). The van der Waals surface area contributed by atoms with Gasteiger partial charge in [-0.25, -0.2) is 13.5 Å². The van der Waals surface area contributed by atoms with Gasteiger partial charge in [0.1, 0.15) is 16.9 Å². The molecular weight excluding hydrogens is 594 g/mol. The molecule has 0 spiro atoms. The van der Waals surface area contributed by atoms with E-state index in [4.69, 9.17) is 0 Å². The van der Waals surface area contributed by atoms with Crippen molar-refractivity contribution in [1.29, 1.82) is 0 Å². The molecule has 5 aromatic carbocycles. The molecule has 0 amide bonds. The van der Waals surface area contributed by atoms with Gasteiger partial charge in [0.15, 0.2) is 0 Å². The van der Waals surface area contributed by atoms with Crippen LogP contribution in [0.1, 0.15) is 0 Å². The predicted molar refractivity (Wildman–Crippen MR) is 189 cm³/mol. The van der Waals surface area contributed by atoms with Crippen molar-refractivity contribution in [2.75, 3.05) is 0 Å². The zero-order valence-electron chi connectivity index (χ0n) is 25.5. The fourth-order valence-corrected chi connectivity index (χ4v) is 7.48. The van der Waals surface area contributed by atoms with Crippen LogP contribution in [0.5, 0.6) is 0 Å². The van der Waals surface area contributed by atoms with E-state index in [0.29, 0.717) is 0 Å². The summed E-state index contributed by atoms with van der Waals surface area (Å²) in [7, 11) is 0. The highest BCUT2D eigenvalue weighted by Crippen LogP contribution is 2.35. The summed E-state index contributed by atoms with van der Waals surface area (Å²) < 4.78 is 12.9. The van der Waals surface area contributed by atoms with Crippen LogP contribution in [0.15, 0.2) is 152 Å². The second kappa shape index (κ2) is 9.34. The molecule has 9 heteroatoms. The Bertz CT molecular complexity index is 2900. The maximum Gasteiger partial charge on any atom is 0.141 e. The van der Waals surface area contributed by atoms with E-state index in [0.717, 1.165) is 78.2 Å². The molecule has 0 aliphatic heterocycles. The third-order valence-electron chi connectivity index (χ3n) is 9.46. The Morgan fingerprint density at radius 1 is 0.312 bits per heavy atom. The Hall–Kier alpha value is -6.87. The summed E-state index contributed by atoms with van der Waals surface area (Å²) in [6.07, 6.45) is 5.58. The van der Waals surface area contributed by atoms with Crippen LogP contribution in [0.4, 0.5) is 0 Å². The molecular formula is C39H25N9. The highest BCUT2D eigenvalue weighted by Gasteiger charge is 2.19. The number of para-hydroxylation sites is 6. The molecule has 0 saturated carbocycles. The van der Waals surface area contributed by atoms with Crippen LogP contribution < -0.4 is 0 Å². The van der Waals surface area contributed by atoms with E-state index in [9.17, 15) is 0 Å². The van der Waals surface area contributed by atoms with Crippen LogP contribution in [-0.2, 0) is 0 Å². The lowest BCUT2D eigenvalue weighted by Gasteiger charge is -2.15. The van der Waals surface area contributed by atoms with Crippen LogP contribution in [0.25, 0.3) is 78.2 Å². The summed E-state index contributed by atoms with van der Waals surface area (Å²) in [5.74, 6) is 0. The Morgan fingerprint density at radius 3 is 1.17 bits per heavy atom. The lowest BCUT2D eigenvalue weighted by molar-refractivity contribution is 0.987. The zero-order chi connectivity index (χ0) is 31.3. The van der Waals surface area contributed by atoms with E-state index in [1.807, 2.05) is 32.1 Å². The van der Waals surface area contributed by atoms with Crippen molar-refractivity contribution in [1.82, 2.24) is 42.5 Å². The largest absolute Gasteiger partial charge is 0.293 e. The molecule has 0 fully saturated rings. The molecule has 0 atom stereocenters. The summed E-state index contributed by atoms with van der Waals surface area (Å²) in [6, 6.07) is 47.0. The van der Waals surface area contributed by atoms with Crippen molar-refractivity contribution in [3.05, 3.63) is 152 Å². The van der Waals surface area contributed by atoms with Crippen molar-refractivity contribution in [3.63, 3.8) is 0 Å². The molecule has 0 unspecified atom stereocenters. The van der Waals surface area contributed by atoms with Gasteiger partial charge < -0.3 is 0 Å². The summed E-state index contributed by atoms with van der Waals surface area (Å²) >= 11 is 0. The molecule has 9 nitrogen and oxygen atoms in total. The molecule has 48 heavy (non-hydrogen) atoms. The molecule has 6 heterocycles. The van der Waals surface area contributed by atoms with Gasteiger partial charge in [0, 0.05) is 23.9 Å². The van der Waals surface area contributed by atoms with Crippen molar-refractivity contribution in [3.8, 4) is 28.2 Å². The Labute approximate surface area is 272 Å². The first-order valence-electron chi connectivity index (χ1n) is 15.9. The number of nitrogens with zero attached hydrogens (tertiary/aromatic N) is 9. The van der Waals surface area contributed by atoms with E-state index >= 15 is 0 Å². The van der Waals surface area contributed by atoms with Crippen molar-refractivity contribution < 1.29 is 0 Å². The molecule has 0 radical (unpaired) electrons. The van der Waals surface area contributed by atoms with Crippen LogP contribution in [0.3, 0.4) is 0 Å². The normalized spacial score (nSPS) is 12.2. The third kappa shape index (κ3) is 3.36. The minimum absolute atomic E-state index is 1.00. The molecule has 0 bridgehead atoms. The number of hydrogen-bond donors (Lipinski definition) is 0. The van der Waals surface area contributed by atoms with Crippen molar-refractivity contribution in [2.45, 2.75) is 0 Å². The highest BCUT2D eigenvalue weighted by molar-refractivity contribution is 5.88. The Morgan fingerprint density at radius 2 is 0.708 bits per heavy atom. The van der Waals surface area contributed by atoms with Crippen LogP contribution in [0.2, 0.25) is 0 Å². The average Bonchev–Trinajstić information content (AvgIpc) is 3.97. The number of aromatic nitrogens is 9. The molecule has 0 saturated heterocycles. The predicted octanol–water partition coefficient (Wildman–Crippen LogP) is 8.13. The van der Waals surface area contributed by atoms with Crippen LogP contribution >= 0.6 is 0 Å². The van der Waals surface area contributed by atoms with E-state index < -0.39 is 0 Å². The van der Waals surface area contributed by atoms with Crippen molar-refractivity contribution in [2.24, 2.45) is 0 Å². The summed E-state index contributed by atoms with van der Waals surface area (Å²) in [5, 5.41) is 14.0. The Balaban J connectivity index is 1.21. The number of benzene rings is 5. The molecule has 0 aliphatic rings. The minimum atomic E-state index is 1.00. The third-order valence-corrected chi connectivity index (χ3v) is 9.46.